The molecule has 1 saturated heterocycles. The number of allylic oxidation sites excluding steroid dienone is 1. The summed E-state index contributed by atoms with van der Waals surface area (Å²) in [6.45, 7) is 27.4. The van der Waals surface area contributed by atoms with Crippen molar-refractivity contribution >= 4 is 78.2 Å². The second kappa shape index (κ2) is 21.0. The normalized spacial score (nSPS) is 31.4. The summed E-state index contributed by atoms with van der Waals surface area (Å²) in [5, 5.41) is 3.94. The molecular formula is C64H83IO9Si2. The lowest BCUT2D eigenvalue weighted by molar-refractivity contribution is -0.253. The Labute approximate surface area is 469 Å². The number of hydrogen-bond acceptors (Lipinski definition) is 9. The Morgan fingerprint density at radius 2 is 1.17 bits per heavy atom. The summed E-state index contributed by atoms with van der Waals surface area (Å²) in [6, 6.07) is 43.1. The zero-order valence-corrected chi connectivity index (χ0v) is 51.4. The first-order chi connectivity index (χ1) is 35.9. The third kappa shape index (κ3) is 8.92. The van der Waals surface area contributed by atoms with E-state index in [2.05, 4.69) is 219 Å². The molecule has 4 aromatic carbocycles. The van der Waals surface area contributed by atoms with E-state index in [9.17, 15) is 9.59 Å². The quantitative estimate of drug-likeness (QED) is 0.0206. The number of alkyl halides is 1. The van der Waals surface area contributed by atoms with Gasteiger partial charge in [-0.15, -0.1) is 0 Å². The first-order valence-corrected chi connectivity index (χ1v) is 33.0. The number of fused-ring (bicyclic) bond motifs is 2. The van der Waals surface area contributed by atoms with Crippen molar-refractivity contribution in [2.75, 3.05) is 13.4 Å². The average molecular weight is 1180 g/mol. The Bertz CT molecular complexity index is 2660. The van der Waals surface area contributed by atoms with Crippen LogP contribution in [0.1, 0.15) is 116 Å². The number of hydrogen-bond donors (Lipinski definition) is 0. The van der Waals surface area contributed by atoms with E-state index in [1.165, 1.54) is 10.4 Å². The molecule has 9 rings (SSSR count). The van der Waals surface area contributed by atoms with Gasteiger partial charge in [0.05, 0.1) is 39.7 Å². The van der Waals surface area contributed by atoms with Crippen LogP contribution in [0.2, 0.25) is 10.1 Å². The van der Waals surface area contributed by atoms with E-state index in [0.717, 1.165) is 35.1 Å². The van der Waals surface area contributed by atoms with Crippen LogP contribution >= 0.6 is 22.6 Å². The zero-order chi connectivity index (χ0) is 54.9. The average Bonchev–Trinajstić information content (AvgIpc) is 4.17. The predicted octanol–water partition coefficient (Wildman–Crippen LogP) is 11.4. The summed E-state index contributed by atoms with van der Waals surface area (Å²) in [5.74, 6) is -0.620. The van der Waals surface area contributed by atoms with Gasteiger partial charge in [-0.25, -0.2) is 0 Å². The minimum absolute atomic E-state index is 0.00264. The molecule has 0 radical (unpaired) electrons. The first kappa shape index (κ1) is 56.9. The van der Waals surface area contributed by atoms with Crippen molar-refractivity contribution in [3.8, 4) is 0 Å². The second-order valence-electron chi connectivity index (χ2n) is 26.4. The molecule has 0 amide bonds. The van der Waals surface area contributed by atoms with Crippen molar-refractivity contribution in [3.63, 3.8) is 0 Å². The number of ether oxygens (including phenoxy) is 4. The SMILES string of the molecule is CC(C)C1=C[C@H]2C[C@]3(C=O)[C@@H]4CC[C@@H](C)[C@H]4C[C@@]2(CO[C@@H]2O[C@H](C)[C@@H](O[Si](c4ccccc4)(c4ccccc4)C(C)(C)C)[C@H](O[Si](c4ccccc4)(c4ccccc4)C(C)(C)C)[C@H]2I)[C@]13C(=O)OCOC(=O)C(C)(C)C. The van der Waals surface area contributed by atoms with E-state index < -0.39 is 85.6 Å². The lowest BCUT2D eigenvalue weighted by Crippen LogP contribution is -2.74. The summed E-state index contributed by atoms with van der Waals surface area (Å²) in [6.07, 6.45) is 4.02. The van der Waals surface area contributed by atoms with E-state index in [4.69, 9.17) is 27.8 Å². The number of carbonyl (C=O) groups excluding carboxylic acids is 3. The van der Waals surface area contributed by atoms with Crippen LogP contribution in [0.5, 0.6) is 0 Å². The van der Waals surface area contributed by atoms with Gasteiger partial charge >= 0.3 is 11.9 Å². The molecular weight excluding hydrogens is 1100 g/mol. The number of carbonyl (C=O) groups is 3. The highest BCUT2D eigenvalue weighted by atomic mass is 127. The van der Waals surface area contributed by atoms with Gasteiger partial charge in [0.15, 0.2) is 6.29 Å². The predicted molar refractivity (Wildman–Crippen MR) is 314 cm³/mol. The molecule has 0 N–H and O–H groups in total. The Hall–Kier alpha value is -3.77. The van der Waals surface area contributed by atoms with Crippen molar-refractivity contribution in [3.05, 3.63) is 133 Å². The maximum atomic E-state index is 15.7. The van der Waals surface area contributed by atoms with Gasteiger partial charge in [0.25, 0.3) is 16.6 Å². The van der Waals surface area contributed by atoms with Crippen LogP contribution < -0.4 is 20.7 Å². The second-order valence-corrected chi connectivity index (χ2v) is 36.3. The summed E-state index contributed by atoms with van der Waals surface area (Å²) in [4.78, 5) is 43.2. The topological polar surface area (TPSA) is 107 Å². The number of aldehydes is 1. The van der Waals surface area contributed by atoms with Crippen LogP contribution in [0.15, 0.2) is 133 Å². The van der Waals surface area contributed by atoms with E-state index >= 15 is 4.79 Å². The molecule has 4 fully saturated rings. The van der Waals surface area contributed by atoms with Crippen LogP contribution in [-0.4, -0.2) is 76.8 Å². The van der Waals surface area contributed by atoms with Gasteiger partial charge in [-0.05, 0) is 107 Å². The van der Waals surface area contributed by atoms with Gasteiger partial charge in [-0.2, -0.15) is 0 Å². The minimum Gasteiger partial charge on any atom is -0.427 e. The number of benzene rings is 4. The minimum atomic E-state index is -3.29. The molecule has 408 valence electrons. The lowest BCUT2D eigenvalue weighted by Gasteiger charge is -2.59. The molecule has 12 atom stereocenters. The molecule has 0 aromatic heterocycles. The van der Waals surface area contributed by atoms with Crippen LogP contribution in [-0.2, 0) is 42.2 Å². The lowest BCUT2D eigenvalue weighted by atomic mass is 9.43. The molecule has 5 aliphatic rings. The standard InChI is InChI=1S/C64H83IO9Si2/c1-42(2)52-36-45-37-62(39-66)51-35-34-43(3)50(51)38-63(45,64(52,62)58(68)71-41-70-57(67)59(5,6)7)40-69-56-53(65)55(74-76(61(11,12)13,48-30-22-16-23-31-48)49-32-24-17-25-33-49)54(44(4)72-56)73-75(60(8,9)10,46-26-18-14-19-27-46)47-28-20-15-21-29-47/h14-33,36,39,42-45,50-51,53-56H,34-35,37-38,40-41H2,1-13H3/t43-,44-,45+,50-,51-,53-,54-,55-,56-,62+,63+,64+/m1/s1. The molecule has 76 heavy (non-hydrogen) atoms. The number of halogens is 1. The molecule has 1 aliphatic heterocycles. The third-order valence-corrected chi connectivity index (χ3v) is 30.1. The third-order valence-electron chi connectivity index (χ3n) is 18.8. The Balaban J connectivity index is 1.19. The highest BCUT2D eigenvalue weighted by molar-refractivity contribution is 14.1. The van der Waals surface area contributed by atoms with Crippen LogP contribution in [0, 0.1) is 51.2 Å². The molecule has 1 heterocycles. The fraction of sp³-hybridized carbons (Fsp3) is 0.547. The van der Waals surface area contributed by atoms with Crippen LogP contribution in [0.25, 0.3) is 0 Å². The van der Waals surface area contributed by atoms with Gasteiger partial charge in [-0.1, -0.05) is 224 Å². The van der Waals surface area contributed by atoms with E-state index in [1.54, 1.807) is 20.8 Å². The Morgan fingerprint density at radius 3 is 1.61 bits per heavy atom. The molecule has 0 spiro atoms. The van der Waals surface area contributed by atoms with E-state index in [1.807, 2.05) is 0 Å². The maximum Gasteiger partial charge on any atom is 0.320 e. The van der Waals surface area contributed by atoms with Crippen molar-refractivity contribution in [2.45, 2.75) is 154 Å². The van der Waals surface area contributed by atoms with Crippen molar-refractivity contribution in [2.24, 2.45) is 51.2 Å². The van der Waals surface area contributed by atoms with E-state index in [0.29, 0.717) is 18.8 Å². The van der Waals surface area contributed by atoms with E-state index in [-0.39, 0.29) is 40.4 Å². The summed E-state index contributed by atoms with van der Waals surface area (Å²) < 4.78 is 43.0. The molecule has 3 saturated carbocycles. The highest BCUT2D eigenvalue weighted by Crippen LogP contribution is 2.83. The monoisotopic (exact) mass is 1180 g/mol. The highest BCUT2D eigenvalue weighted by Gasteiger charge is 2.85. The first-order valence-electron chi connectivity index (χ1n) is 27.9. The molecule has 4 bridgehead atoms. The van der Waals surface area contributed by atoms with Crippen LogP contribution in [0.4, 0.5) is 0 Å². The number of rotatable bonds is 16. The number of esters is 2. The Kier molecular flexibility index (Phi) is 15.8. The summed E-state index contributed by atoms with van der Waals surface area (Å²) in [5.41, 5.74) is -3.08. The van der Waals surface area contributed by atoms with Crippen molar-refractivity contribution in [1.82, 2.24) is 0 Å². The van der Waals surface area contributed by atoms with Gasteiger partial charge in [0, 0.05) is 5.41 Å². The van der Waals surface area contributed by atoms with Crippen molar-refractivity contribution in [1.29, 1.82) is 0 Å². The molecule has 4 aromatic rings. The van der Waals surface area contributed by atoms with Gasteiger partial charge in [-0.3, -0.25) is 9.59 Å². The molecule has 12 heteroatoms. The fourth-order valence-electron chi connectivity index (χ4n) is 15.5. The Morgan fingerprint density at radius 1 is 0.697 bits per heavy atom. The zero-order valence-electron chi connectivity index (χ0n) is 47.3. The van der Waals surface area contributed by atoms with Gasteiger partial charge < -0.3 is 32.6 Å². The summed E-state index contributed by atoms with van der Waals surface area (Å²) in [7, 11) is -6.52. The van der Waals surface area contributed by atoms with Crippen molar-refractivity contribution < 1.29 is 42.2 Å². The van der Waals surface area contributed by atoms with Crippen LogP contribution in [0.3, 0.4) is 0 Å². The fourth-order valence-corrected chi connectivity index (χ4v) is 26.1. The maximum absolute atomic E-state index is 15.7. The molecule has 9 nitrogen and oxygen atoms in total. The summed E-state index contributed by atoms with van der Waals surface area (Å²) >= 11 is 2.54. The largest absolute Gasteiger partial charge is 0.427 e. The van der Waals surface area contributed by atoms with Gasteiger partial charge in [0.1, 0.15) is 11.7 Å². The molecule has 0 unspecified atom stereocenters. The smallest absolute Gasteiger partial charge is 0.320 e. The molecule has 4 aliphatic carbocycles. The van der Waals surface area contributed by atoms with Gasteiger partial charge in [0.2, 0.25) is 6.79 Å².